The molecule has 0 saturated heterocycles. The van der Waals surface area contributed by atoms with Crippen molar-refractivity contribution in [3.8, 4) is 11.5 Å². The summed E-state index contributed by atoms with van der Waals surface area (Å²) in [4.78, 5) is 50.8. The lowest BCUT2D eigenvalue weighted by Crippen LogP contribution is -2.68. The number of hydrogen-bond acceptors (Lipinski definition) is 6. The second kappa shape index (κ2) is 10.6. The molecule has 0 saturated carbocycles. The second-order valence-electron chi connectivity index (χ2n) is 9.23. The van der Waals surface area contributed by atoms with E-state index in [4.69, 9.17) is 8.85 Å². The van der Waals surface area contributed by atoms with Crippen LogP contribution >= 0.6 is 0 Å². The first-order valence-electron chi connectivity index (χ1n) is 12.8. The van der Waals surface area contributed by atoms with Gasteiger partial charge in [-0.05, 0) is 48.5 Å². The molecular formula is C32H22N2O6Si. The van der Waals surface area contributed by atoms with Crippen LogP contribution in [0.5, 0.6) is 11.5 Å². The molecule has 8 nitrogen and oxygen atoms in total. The Morgan fingerprint density at radius 1 is 0.415 bits per heavy atom. The molecule has 9 heteroatoms. The highest BCUT2D eigenvalue weighted by atomic mass is 28.4. The molecule has 2 aliphatic rings. The SMILES string of the molecule is O=C1C=CC(=O)N1c1ccc(O[Si](Oc2ccc(N3C(=O)C=CC3=O)cc2)(c2ccccc2)c2ccccc2)cc1. The molecule has 0 spiro atoms. The number of carbonyl (C=O) groups is 4. The molecule has 0 atom stereocenters. The summed E-state index contributed by atoms with van der Waals surface area (Å²) in [5, 5.41) is 1.67. The van der Waals surface area contributed by atoms with Gasteiger partial charge in [0.2, 0.25) is 0 Å². The number of amides is 4. The second-order valence-corrected chi connectivity index (χ2v) is 12.0. The van der Waals surface area contributed by atoms with Gasteiger partial charge in [-0.3, -0.25) is 19.2 Å². The number of imide groups is 2. The van der Waals surface area contributed by atoms with Gasteiger partial charge in [0.25, 0.3) is 23.6 Å². The van der Waals surface area contributed by atoms with Crippen LogP contribution in [0, 0.1) is 0 Å². The number of hydrogen-bond donors (Lipinski definition) is 0. The average molecular weight is 559 g/mol. The number of carbonyl (C=O) groups excluding carboxylic acids is 4. The predicted molar refractivity (Wildman–Crippen MR) is 155 cm³/mol. The average Bonchev–Trinajstić information content (AvgIpc) is 3.53. The summed E-state index contributed by atoms with van der Waals surface area (Å²) in [5.74, 6) is -0.643. The van der Waals surface area contributed by atoms with Crippen LogP contribution in [0.1, 0.15) is 0 Å². The van der Waals surface area contributed by atoms with Gasteiger partial charge in [-0.15, -0.1) is 0 Å². The van der Waals surface area contributed by atoms with Gasteiger partial charge in [-0.25, -0.2) is 9.80 Å². The Labute approximate surface area is 236 Å². The molecule has 0 unspecified atom stereocenters. The molecule has 4 aromatic carbocycles. The van der Waals surface area contributed by atoms with Crippen LogP contribution in [0.4, 0.5) is 11.4 Å². The van der Waals surface area contributed by atoms with Gasteiger partial charge in [0.05, 0.1) is 11.4 Å². The lowest BCUT2D eigenvalue weighted by molar-refractivity contribution is -0.121. The predicted octanol–water partition coefficient (Wildman–Crippen LogP) is 3.26. The third-order valence-electron chi connectivity index (χ3n) is 6.64. The maximum absolute atomic E-state index is 12.1. The normalized spacial score (nSPS) is 14.7. The summed E-state index contributed by atoms with van der Waals surface area (Å²) in [7, 11) is -3.50. The van der Waals surface area contributed by atoms with Crippen molar-refractivity contribution in [1.29, 1.82) is 0 Å². The van der Waals surface area contributed by atoms with E-state index in [2.05, 4.69) is 0 Å². The van der Waals surface area contributed by atoms with E-state index in [0.29, 0.717) is 22.9 Å². The van der Waals surface area contributed by atoms with Gasteiger partial charge >= 0.3 is 8.56 Å². The van der Waals surface area contributed by atoms with E-state index in [-0.39, 0.29) is 0 Å². The van der Waals surface area contributed by atoms with Crippen LogP contribution < -0.4 is 29.0 Å². The molecule has 0 aliphatic carbocycles. The van der Waals surface area contributed by atoms with Crippen LogP contribution in [0.15, 0.2) is 133 Å². The highest BCUT2D eigenvalue weighted by Gasteiger charge is 2.47. The molecule has 0 radical (unpaired) electrons. The van der Waals surface area contributed by atoms with Crippen molar-refractivity contribution < 1.29 is 28.0 Å². The van der Waals surface area contributed by atoms with Gasteiger partial charge < -0.3 is 8.85 Å². The molecular weight excluding hydrogens is 536 g/mol. The van der Waals surface area contributed by atoms with Gasteiger partial charge in [-0.2, -0.15) is 0 Å². The highest BCUT2D eigenvalue weighted by molar-refractivity contribution is 6.93. The fourth-order valence-corrected chi connectivity index (χ4v) is 7.75. The minimum Gasteiger partial charge on any atom is -0.506 e. The van der Waals surface area contributed by atoms with Crippen molar-refractivity contribution in [2.75, 3.05) is 9.80 Å². The summed E-state index contributed by atoms with van der Waals surface area (Å²) in [6.07, 6.45) is 4.95. The summed E-state index contributed by atoms with van der Waals surface area (Å²) in [6.45, 7) is 0. The van der Waals surface area contributed by atoms with Crippen molar-refractivity contribution in [2.24, 2.45) is 0 Å². The molecule has 41 heavy (non-hydrogen) atoms. The summed E-state index contributed by atoms with van der Waals surface area (Å²) in [5.41, 5.74) is 0.863. The summed E-state index contributed by atoms with van der Waals surface area (Å²) >= 11 is 0. The Hall–Kier alpha value is -5.54. The topological polar surface area (TPSA) is 93.2 Å². The van der Waals surface area contributed by atoms with Crippen molar-refractivity contribution in [1.82, 2.24) is 0 Å². The molecule has 4 amide bonds. The monoisotopic (exact) mass is 558 g/mol. The first-order chi connectivity index (χ1) is 19.9. The van der Waals surface area contributed by atoms with Crippen molar-refractivity contribution in [3.05, 3.63) is 133 Å². The van der Waals surface area contributed by atoms with Crippen LogP contribution in [0.3, 0.4) is 0 Å². The summed E-state index contributed by atoms with van der Waals surface area (Å²) < 4.78 is 13.6. The molecule has 2 heterocycles. The number of anilines is 2. The van der Waals surface area contributed by atoms with E-state index < -0.39 is 32.2 Å². The van der Waals surface area contributed by atoms with Crippen molar-refractivity contribution in [3.63, 3.8) is 0 Å². The number of benzene rings is 4. The molecule has 200 valence electrons. The first-order valence-corrected chi connectivity index (χ1v) is 14.6. The molecule has 2 aliphatic heterocycles. The first kappa shape index (κ1) is 25.7. The van der Waals surface area contributed by atoms with E-state index in [0.717, 1.165) is 20.2 Å². The lowest BCUT2D eigenvalue weighted by Gasteiger charge is -2.32. The smallest absolute Gasteiger partial charge is 0.506 e. The van der Waals surface area contributed by atoms with Gasteiger partial charge in [0, 0.05) is 34.7 Å². The maximum atomic E-state index is 12.1. The van der Waals surface area contributed by atoms with Gasteiger partial charge in [-0.1, -0.05) is 60.7 Å². The zero-order valence-electron chi connectivity index (χ0n) is 21.5. The van der Waals surface area contributed by atoms with Crippen molar-refractivity contribution in [2.45, 2.75) is 0 Å². The number of nitrogens with zero attached hydrogens (tertiary/aromatic N) is 2. The van der Waals surface area contributed by atoms with E-state index in [1.165, 1.54) is 24.3 Å². The third-order valence-corrected chi connectivity index (χ3v) is 9.87. The van der Waals surface area contributed by atoms with Gasteiger partial charge in [0.15, 0.2) is 0 Å². The molecule has 6 rings (SSSR count). The Kier molecular flexibility index (Phi) is 6.62. The number of rotatable bonds is 8. The molecule has 0 N–H and O–H groups in total. The fraction of sp³-hybridized carbons (Fsp3) is 0. The maximum Gasteiger partial charge on any atom is 0.531 e. The molecule has 0 fully saturated rings. The van der Waals surface area contributed by atoms with Crippen LogP contribution in [0.25, 0.3) is 0 Å². The van der Waals surface area contributed by atoms with Crippen LogP contribution in [-0.2, 0) is 19.2 Å². The fourth-order valence-electron chi connectivity index (χ4n) is 4.71. The Morgan fingerprint density at radius 2 is 0.732 bits per heavy atom. The minimum absolute atomic E-state index is 0.402. The van der Waals surface area contributed by atoms with Gasteiger partial charge in [0.1, 0.15) is 11.5 Å². The standard InChI is InChI=1S/C32H22N2O6Si/c35-29-19-20-30(36)33(29)23-11-15-25(16-12-23)39-41(27-7-3-1-4-8-27,28-9-5-2-6-10-28)40-26-17-13-24(14-18-26)34-31(37)21-22-32(34)38/h1-22H. The van der Waals surface area contributed by atoms with E-state index in [1.54, 1.807) is 48.5 Å². The van der Waals surface area contributed by atoms with E-state index in [9.17, 15) is 19.2 Å². The van der Waals surface area contributed by atoms with Crippen LogP contribution in [0.2, 0.25) is 0 Å². The Balaban J connectivity index is 1.39. The van der Waals surface area contributed by atoms with Crippen LogP contribution in [-0.4, -0.2) is 32.2 Å². The lowest BCUT2D eigenvalue weighted by atomic mass is 10.3. The zero-order valence-corrected chi connectivity index (χ0v) is 22.5. The molecule has 0 aromatic heterocycles. The summed E-state index contributed by atoms with van der Waals surface area (Å²) in [6, 6.07) is 32.7. The zero-order chi connectivity index (χ0) is 28.4. The minimum atomic E-state index is -3.50. The largest absolute Gasteiger partial charge is 0.531 e. The third kappa shape index (κ3) is 4.86. The Morgan fingerprint density at radius 3 is 1.05 bits per heavy atom. The quantitative estimate of drug-likeness (QED) is 0.244. The Bertz CT molecular complexity index is 1540. The van der Waals surface area contributed by atoms with Crippen molar-refractivity contribution >= 4 is 53.9 Å². The molecule has 4 aromatic rings. The highest BCUT2D eigenvalue weighted by Crippen LogP contribution is 2.28. The molecule has 0 bridgehead atoms. The van der Waals surface area contributed by atoms with E-state index >= 15 is 0 Å². The van der Waals surface area contributed by atoms with E-state index in [1.807, 2.05) is 60.7 Å².